The third-order valence-electron chi connectivity index (χ3n) is 4.45. The number of hydrogen-bond donors (Lipinski definition) is 3. The average molecular weight is 722 g/mol. The third kappa shape index (κ3) is 14.6. The number of sulfonamides is 2. The predicted octanol–water partition coefficient (Wildman–Crippen LogP) is 5.54. The van der Waals surface area contributed by atoms with E-state index >= 15 is 0 Å². The fourth-order valence-electron chi connectivity index (χ4n) is 2.79. The van der Waals surface area contributed by atoms with E-state index < -0.39 is 58.8 Å². The largest absolute Gasteiger partial charge is 0.495 e. The van der Waals surface area contributed by atoms with Crippen molar-refractivity contribution in [2.45, 2.75) is 68.4 Å². The lowest BCUT2D eigenvalue weighted by atomic mass is 10.1. The van der Waals surface area contributed by atoms with Gasteiger partial charge in [0.25, 0.3) is 10.0 Å². The van der Waals surface area contributed by atoms with Crippen LogP contribution in [0.4, 0.5) is 17.6 Å². The molecule has 0 aliphatic carbocycles. The topological polar surface area (TPSA) is 163 Å². The van der Waals surface area contributed by atoms with E-state index in [-0.39, 0.29) is 15.9 Å². The first kappa shape index (κ1) is 42.4. The van der Waals surface area contributed by atoms with Gasteiger partial charge in [-0.15, -0.1) is 4.89 Å². The van der Waals surface area contributed by atoms with E-state index in [0.717, 1.165) is 37.3 Å². The summed E-state index contributed by atoms with van der Waals surface area (Å²) in [6.45, 7) is 10.9. The van der Waals surface area contributed by atoms with Gasteiger partial charge in [-0.1, -0.05) is 32.4 Å². The molecule has 0 aliphatic heterocycles. The van der Waals surface area contributed by atoms with Gasteiger partial charge in [0.15, 0.2) is 33.2 Å². The zero-order chi connectivity index (χ0) is 35.2. The number of nitrogens with two attached hydrogens (primary N) is 1. The van der Waals surface area contributed by atoms with Crippen LogP contribution in [0, 0.1) is 23.3 Å². The molecule has 3 rings (SSSR count). The summed E-state index contributed by atoms with van der Waals surface area (Å²) in [6, 6.07) is 6.97. The van der Waals surface area contributed by atoms with Gasteiger partial charge in [-0.05, 0) is 63.6 Å². The van der Waals surface area contributed by atoms with E-state index in [0.29, 0.717) is 12.1 Å². The number of primary sulfonamides is 1. The molecule has 11 nitrogen and oxygen atoms in total. The first-order valence-electron chi connectivity index (χ1n) is 12.8. The minimum absolute atomic E-state index is 0.157. The van der Waals surface area contributed by atoms with Crippen LogP contribution in [-0.4, -0.2) is 46.6 Å². The molecule has 2 aromatic heterocycles. The molecule has 0 amide bonds. The Hall–Kier alpha value is -2.58. The van der Waals surface area contributed by atoms with E-state index in [1.165, 1.54) is 25.3 Å². The Morgan fingerprint density at radius 3 is 1.96 bits per heavy atom. The van der Waals surface area contributed by atoms with Crippen LogP contribution in [-0.2, 0) is 31.3 Å². The van der Waals surface area contributed by atoms with E-state index in [1.54, 1.807) is 20.8 Å². The fourth-order valence-corrected chi connectivity index (χ4v) is 5.71. The highest BCUT2D eigenvalue weighted by Gasteiger charge is 2.26. The SMILES string of the molecule is CC.CCc1ccc(F)c(S(=O)(=O)NC(C)(C)C)n1.CONSc1nc(Cl)ccc1F.COc1ccc(F)c(F)c1S(N)(=O)=O. The highest BCUT2D eigenvalue weighted by Crippen LogP contribution is 2.27. The first-order chi connectivity index (χ1) is 20.8. The Labute approximate surface area is 270 Å². The number of hydrogen-bond acceptors (Lipinski definition) is 10. The molecular weight excluding hydrogens is 686 g/mol. The Kier molecular flexibility index (Phi) is 18.1. The molecule has 0 aliphatic rings. The molecule has 0 fully saturated rings. The van der Waals surface area contributed by atoms with Crippen LogP contribution < -0.4 is 19.5 Å². The molecule has 0 bridgehead atoms. The summed E-state index contributed by atoms with van der Waals surface area (Å²) in [5, 5.41) is 4.56. The molecule has 19 heteroatoms. The third-order valence-corrected chi connectivity index (χ3v) is 8.01. The average Bonchev–Trinajstić information content (AvgIpc) is 2.95. The molecule has 1 aromatic carbocycles. The first-order valence-corrected chi connectivity index (χ1v) is 17.0. The van der Waals surface area contributed by atoms with Crippen molar-refractivity contribution >= 4 is 43.6 Å². The second-order valence-corrected chi connectivity index (χ2v) is 13.3. The van der Waals surface area contributed by atoms with Gasteiger partial charge in [0.1, 0.15) is 10.9 Å². The standard InChI is InChI=1S/C11H17FN2O2S.C7H7F2NO3S.C6H6ClFN2OS.C2H6/c1-5-8-6-7-9(12)10(13-8)17(15,16)14-11(2,3)4;1-13-5-3-2-4(8)6(9)7(5)14(10,11)12;1-11-10-12-6-4(8)2-3-5(7)9-6;1-2/h6-7,14H,5H2,1-4H3;2-3H,1H3,(H2,10,11,12);2-3,10H,1H3;1-2H3. The Balaban J connectivity index is 0.000000636. The van der Waals surface area contributed by atoms with Gasteiger partial charge in [0, 0.05) is 23.2 Å². The minimum atomic E-state index is -4.34. The van der Waals surface area contributed by atoms with Crippen LogP contribution >= 0.6 is 23.5 Å². The summed E-state index contributed by atoms with van der Waals surface area (Å²) < 4.78 is 105. The number of benzene rings is 1. The number of nitrogens with zero attached hydrogens (tertiary/aromatic N) is 2. The number of pyridine rings is 2. The summed E-state index contributed by atoms with van der Waals surface area (Å²) in [5.41, 5.74) is -0.129. The van der Waals surface area contributed by atoms with Gasteiger partial charge >= 0.3 is 0 Å². The highest BCUT2D eigenvalue weighted by molar-refractivity contribution is 7.97. The maximum atomic E-state index is 13.5. The number of rotatable bonds is 8. The molecule has 0 unspecified atom stereocenters. The quantitative estimate of drug-likeness (QED) is 0.117. The minimum Gasteiger partial charge on any atom is -0.495 e. The van der Waals surface area contributed by atoms with Crippen molar-refractivity contribution in [3.05, 3.63) is 70.5 Å². The van der Waals surface area contributed by atoms with Crippen molar-refractivity contribution < 1.29 is 44.0 Å². The maximum absolute atomic E-state index is 13.5. The Bertz CT molecular complexity index is 1610. The summed E-state index contributed by atoms with van der Waals surface area (Å²) in [7, 11) is -5.70. The van der Waals surface area contributed by atoms with Gasteiger partial charge in [-0.2, -0.15) is 0 Å². The molecule has 3 aromatic rings. The van der Waals surface area contributed by atoms with Crippen LogP contribution in [0.3, 0.4) is 0 Å². The lowest BCUT2D eigenvalue weighted by molar-refractivity contribution is 0.163. The molecule has 0 atom stereocenters. The number of halogens is 5. The number of aromatic nitrogens is 2. The van der Waals surface area contributed by atoms with Crippen molar-refractivity contribution in [3.8, 4) is 5.75 Å². The van der Waals surface area contributed by atoms with E-state index in [4.69, 9.17) is 11.6 Å². The maximum Gasteiger partial charge on any atom is 0.261 e. The van der Waals surface area contributed by atoms with Crippen molar-refractivity contribution in [1.29, 1.82) is 0 Å². The Morgan fingerprint density at radius 1 is 0.911 bits per heavy atom. The van der Waals surface area contributed by atoms with Gasteiger partial charge in [0.05, 0.1) is 14.2 Å². The van der Waals surface area contributed by atoms with Crippen LogP contribution in [0.25, 0.3) is 0 Å². The molecule has 2 heterocycles. The summed E-state index contributed by atoms with van der Waals surface area (Å²) in [5.74, 6) is -4.43. The number of ether oxygens (including phenoxy) is 1. The van der Waals surface area contributed by atoms with Crippen LogP contribution in [0.2, 0.25) is 5.15 Å². The lowest BCUT2D eigenvalue weighted by Gasteiger charge is -2.20. The molecule has 254 valence electrons. The highest BCUT2D eigenvalue weighted by atomic mass is 35.5. The van der Waals surface area contributed by atoms with Crippen LogP contribution in [0.15, 0.2) is 51.3 Å². The fraction of sp³-hybridized carbons (Fsp3) is 0.385. The van der Waals surface area contributed by atoms with Gasteiger partial charge < -0.3 is 4.74 Å². The molecule has 0 radical (unpaired) electrons. The molecule has 45 heavy (non-hydrogen) atoms. The second-order valence-electron chi connectivity index (χ2n) is 9.05. The van der Waals surface area contributed by atoms with Gasteiger partial charge in [-0.3, -0.25) is 4.84 Å². The van der Waals surface area contributed by atoms with Crippen LogP contribution in [0.1, 0.15) is 47.2 Å². The number of aryl methyl sites for hydroxylation is 1. The zero-order valence-electron chi connectivity index (χ0n) is 25.7. The van der Waals surface area contributed by atoms with E-state index in [9.17, 15) is 34.4 Å². The molecule has 0 saturated heterocycles. The van der Waals surface area contributed by atoms with Gasteiger partial charge in [0.2, 0.25) is 15.0 Å². The summed E-state index contributed by atoms with van der Waals surface area (Å²) in [4.78, 5) is 13.5. The van der Waals surface area contributed by atoms with Crippen molar-refractivity contribution in [3.63, 3.8) is 0 Å². The molecule has 0 saturated carbocycles. The van der Waals surface area contributed by atoms with E-state index in [1.807, 2.05) is 20.8 Å². The predicted molar refractivity (Wildman–Crippen MR) is 164 cm³/mol. The van der Waals surface area contributed by atoms with Crippen LogP contribution in [0.5, 0.6) is 5.75 Å². The zero-order valence-corrected chi connectivity index (χ0v) is 28.9. The van der Waals surface area contributed by atoms with Crippen molar-refractivity contribution in [2.24, 2.45) is 5.14 Å². The summed E-state index contributed by atoms with van der Waals surface area (Å²) >= 11 is 6.45. The number of methoxy groups -OCH3 is 1. The second kappa shape index (κ2) is 19.2. The number of nitrogens with one attached hydrogen (secondary N) is 2. The van der Waals surface area contributed by atoms with E-state index in [2.05, 4.69) is 34.3 Å². The lowest BCUT2D eigenvalue weighted by Crippen LogP contribution is -2.41. The molecule has 4 N–H and O–H groups in total. The monoisotopic (exact) mass is 721 g/mol. The van der Waals surface area contributed by atoms with Crippen molar-refractivity contribution in [2.75, 3.05) is 14.2 Å². The Morgan fingerprint density at radius 2 is 1.47 bits per heavy atom. The summed E-state index contributed by atoms with van der Waals surface area (Å²) in [6.07, 6.45) is 0.554. The smallest absolute Gasteiger partial charge is 0.261 e. The van der Waals surface area contributed by atoms with Crippen molar-refractivity contribution in [1.82, 2.24) is 19.6 Å². The molecular formula is C26H36ClF4N5O6S3. The van der Waals surface area contributed by atoms with Gasteiger partial charge in [-0.25, -0.2) is 54.2 Å². The normalized spacial score (nSPS) is 11.2. The molecule has 0 spiro atoms.